The van der Waals surface area contributed by atoms with Gasteiger partial charge in [-0.3, -0.25) is 5.41 Å². The average Bonchev–Trinajstić information content (AvgIpc) is 2.98. The van der Waals surface area contributed by atoms with E-state index in [0.29, 0.717) is 12.4 Å². The van der Waals surface area contributed by atoms with Gasteiger partial charge < -0.3 is 9.47 Å². The summed E-state index contributed by atoms with van der Waals surface area (Å²) in [6.45, 7) is 15.4. The largest absolute Gasteiger partial charge is 0.481 e. The predicted octanol–water partition coefficient (Wildman–Crippen LogP) is 3.14. The fourth-order valence-electron chi connectivity index (χ4n) is 1.63. The van der Waals surface area contributed by atoms with Crippen LogP contribution in [0, 0.1) is 5.41 Å². The third-order valence-corrected chi connectivity index (χ3v) is 9.60. The van der Waals surface area contributed by atoms with Crippen LogP contribution in [-0.4, -0.2) is 32.4 Å². The first-order valence-electron chi connectivity index (χ1n) is 5.94. The Kier molecular flexibility index (Phi) is 4.02. The zero-order valence-electron chi connectivity index (χ0n) is 11.5. The molecule has 0 bridgehead atoms. The van der Waals surface area contributed by atoms with Gasteiger partial charge in [-0.15, -0.1) is 0 Å². The van der Waals surface area contributed by atoms with Gasteiger partial charge in [0.1, 0.15) is 12.7 Å². The standard InChI is InChI=1S/C13H23NO2Si/c1-7-8-15-10(9-14)11-12(16-11)17(5,6)13(2,3)4/h7,11-12,14H,1,8H2,2-6H3. The number of nitrogens with one attached hydrogen (secondary N) is 1. The van der Waals surface area contributed by atoms with Crippen LogP contribution >= 0.6 is 0 Å². The van der Waals surface area contributed by atoms with Crippen molar-refractivity contribution in [2.45, 2.75) is 50.7 Å². The smallest absolute Gasteiger partial charge is 0.188 e. The maximum atomic E-state index is 7.25. The Morgan fingerprint density at radius 2 is 2.12 bits per heavy atom. The number of epoxide rings is 1. The molecule has 1 rings (SSSR count). The highest BCUT2D eigenvalue weighted by molar-refractivity contribution is 6.82. The van der Waals surface area contributed by atoms with E-state index >= 15 is 0 Å². The zero-order valence-corrected chi connectivity index (χ0v) is 12.5. The summed E-state index contributed by atoms with van der Waals surface area (Å²) in [5, 5.41) is 7.52. The summed E-state index contributed by atoms with van der Waals surface area (Å²) in [7, 11) is -1.52. The third kappa shape index (κ3) is 2.89. The van der Waals surface area contributed by atoms with E-state index in [2.05, 4.69) is 46.3 Å². The van der Waals surface area contributed by atoms with E-state index in [9.17, 15) is 0 Å². The lowest BCUT2D eigenvalue weighted by atomic mass is 10.2. The lowest BCUT2D eigenvalue weighted by molar-refractivity contribution is 0.222. The van der Waals surface area contributed by atoms with Crippen LogP contribution in [0.5, 0.6) is 0 Å². The van der Waals surface area contributed by atoms with Crippen LogP contribution in [-0.2, 0) is 9.47 Å². The maximum absolute atomic E-state index is 7.25. The molecule has 0 aromatic rings. The van der Waals surface area contributed by atoms with Gasteiger partial charge in [0.15, 0.2) is 5.76 Å². The normalized spacial score (nSPS) is 23.8. The quantitative estimate of drug-likeness (QED) is 0.269. The van der Waals surface area contributed by atoms with E-state index in [1.807, 2.05) is 0 Å². The molecule has 1 aliphatic heterocycles. The summed E-state index contributed by atoms with van der Waals surface area (Å²) in [6.07, 6.45) is 1.61. The average molecular weight is 253 g/mol. The van der Waals surface area contributed by atoms with Gasteiger partial charge in [0.2, 0.25) is 0 Å². The Hall–Kier alpha value is -0.833. The fraction of sp³-hybridized carbons (Fsp3) is 0.692. The van der Waals surface area contributed by atoms with Crippen LogP contribution in [0.25, 0.3) is 0 Å². The van der Waals surface area contributed by atoms with Crippen LogP contribution in [0.3, 0.4) is 0 Å². The van der Waals surface area contributed by atoms with Crippen molar-refractivity contribution in [1.29, 1.82) is 5.41 Å². The molecular weight excluding hydrogens is 230 g/mol. The molecule has 0 amide bonds. The molecule has 2 unspecified atom stereocenters. The molecule has 0 saturated carbocycles. The monoisotopic (exact) mass is 253 g/mol. The first-order valence-corrected chi connectivity index (χ1v) is 9.02. The van der Waals surface area contributed by atoms with Gasteiger partial charge >= 0.3 is 0 Å². The van der Waals surface area contributed by atoms with Crippen LogP contribution < -0.4 is 0 Å². The van der Waals surface area contributed by atoms with E-state index in [1.165, 1.54) is 0 Å². The van der Waals surface area contributed by atoms with Crippen LogP contribution in [0.15, 0.2) is 18.4 Å². The SMILES string of the molecule is C=CCOC(=C=N)C1OC1[Si](C)(C)C(C)(C)C. The van der Waals surface area contributed by atoms with Gasteiger partial charge in [-0.2, -0.15) is 0 Å². The van der Waals surface area contributed by atoms with E-state index in [-0.39, 0.29) is 16.9 Å². The van der Waals surface area contributed by atoms with Crippen molar-refractivity contribution < 1.29 is 9.47 Å². The lowest BCUT2D eigenvalue weighted by Crippen LogP contribution is -2.44. The van der Waals surface area contributed by atoms with E-state index < -0.39 is 8.07 Å². The first kappa shape index (κ1) is 14.2. The van der Waals surface area contributed by atoms with Crippen molar-refractivity contribution in [1.82, 2.24) is 0 Å². The zero-order chi connectivity index (χ0) is 13.3. The van der Waals surface area contributed by atoms with Gasteiger partial charge in [-0.25, -0.2) is 0 Å². The number of hydrogen-bond donors (Lipinski definition) is 1. The van der Waals surface area contributed by atoms with Crippen LogP contribution in [0.1, 0.15) is 20.8 Å². The summed E-state index contributed by atoms with van der Waals surface area (Å²) in [6, 6.07) is 0. The Morgan fingerprint density at radius 1 is 1.53 bits per heavy atom. The van der Waals surface area contributed by atoms with Crippen molar-refractivity contribution in [2.75, 3.05) is 6.61 Å². The van der Waals surface area contributed by atoms with E-state index in [1.54, 1.807) is 6.08 Å². The number of hydrogen-bond acceptors (Lipinski definition) is 3. The molecule has 17 heavy (non-hydrogen) atoms. The highest BCUT2D eigenvalue weighted by Crippen LogP contribution is 2.47. The van der Waals surface area contributed by atoms with Gasteiger partial charge in [0.05, 0.1) is 13.8 Å². The molecule has 1 heterocycles. The molecule has 1 N–H and O–H groups in total. The first-order chi connectivity index (χ1) is 7.75. The minimum atomic E-state index is -1.52. The minimum Gasteiger partial charge on any atom is -0.481 e. The molecule has 1 aliphatic rings. The molecule has 2 atom stereocenters. The van der Waals surface area contributed by atoms with Crippen LogP contribution in [0.2, 0.25) is 18.1 Å². The molecule has 1 fully saturated rings. The fourth-order valence-corrected chi connectivity index (χ4v) is 3.87. The maximum Gasteiger partial charge on any atom is 0.188 e. The Bertz CT molecular complexity index is 351. The molecule has 0 aromatic heterocycles. The summed E-state index contributed by atoms with van der Waals surface area (Å²) in [5.74, 6) is 2.86. The Balaban J connectivity index is 2.70. The van der Waals surface area contributed by atoms with Gasteiger partial charge in [0.25, 0.3) is 0 Å². The van der Waals surface area contributed by atoms with E-state index in [4.69, 9.17) is 14.9 Å². The second kappa shape index (κ2) is 4.81. The highest BCUT2D eigenvalue weighted by atomic mass is 28.3. The number of rotatable bonds is 5. The molecular formula is C13H23NO2Si. The highest BCUT2D eigenvalue weighted by Gasteiger charge is 2.58. The molecule has 1 saturated heterocycles. The lowest BCUT2D eigenvalue weighted by Gasteiger charge is -2.35. The second-order valence-electron chi connectivity index (χ2n) is 6.04. The second-order valence-corrected chi connectivity index (χ2v) is 11.6. The molecule has 0 radical (unpaired) electrons. The van der Waals surface area contributed by atoms with Crippen LogP contribution in [0.4, 0.5) is 0 Å². The summed E-state index contributed by atoms with van der Waals surface area (Å²) < 4.78 is 11.1. The molecule has 0 aliphatic carbocycles. The number of ether oxygens (including phenoxy) is 2. The van der Waals surface area contributed by atoms with Crippen molar-refractivity contribution in [3.63, 3.8) is 0 Å². The molecule has 96 valence electrons. The minimum absolute atomic E-state index is 0.0617. The molecule has 3 nitrogen and oxygen atoms in total. The van der Waals surface area contributed by atoms with Gasteiger partial charge in [0, 0.05) is 5.87 Å². The predicted molar refractivity (Wildman–Crippen MR) is 73.2 cm³/mol. The van der Waals surface area contributed by atoms with Crippen molar-refractivity contribution >= 4 is 13.9 Å². The summed E-state index contributed by atoms with van der Waals surface area (Å²) in [5.41, 5.74) is 0.236. The third-order valence-electron chi connectivity index (χ3n) is 3.87. The van der Waals surface area contributed by atoms with Crippen molar-refractivity contribution in [2.24, 2.45) is 0 Å². The van der Waals surface area contributed by atoms with Gasteiger partial charge in [-0.05, 0) is 5.04 Å². The van der Waals surface area contributed by atoms with Gasteiger partial charge in [-0.1, -0.05) is 46.5 Å². The summed E-state index contributed by atoms with van der Waals surface area (Å²) in [4.78, 5) is 0. The van der Waals surface area contributed by atoms with Crippen molar-refractivity contribution in [3.8, 4) is 0 Å². The molecule has 4 heteroatoms. The van der Waals surface area contributed by atoms with E-state index in [0.717, 1.165) is 0 Å². The Labute approximate surface area is 105 Å². The van der Waals surface area contributed by atoms with Crippen molar-refractivity contribution in [3.05, 3.63) is 18.4 Å². The molecule has 0 aromatic carbocycles. The topological polar surface area (TPSA) is 45.6 Å². The molecule has 0 spiro atoms. The summed E-state index contributed by atoms with van der Waals surface area (Å²) >= 11 is 0. The Morgan fingerprint density at radius 3 is 2.53 bits per heavy atom.